The molecule has 2 aromatic rings. The molecule has 2 rings (SSSR count). The SMILES string of the molecule is O=C(NNS(=O)(=O)c1cc(C(F)(F)F)ccc1Cl)c1ccc(F)cc1. The van der Waals surface area contributed by atoms with Crippen molar-refractivity contribution < 1.29 is 30.8 Å². The van der Waals surface area contributed by atoms with Gasteiger partial charge in [0.05, 0.1) is 10.6 Å². The lowest BCUT2D eigenvalue weighted by Crippen LogP contribution is -2.41. The number of halogens is 5. The van der Waals surface area contributed by atoms with Gasteiger partial charge in [-0.1, -0.05) is 11.6 Å². The molecule has 0 aliphatic rings. The van der Waals surface area contributed by atoms with Crippen molar-refractivity contribution in [2.24, 2.45) is 0 Å². The van der Waals surface area contributed by atoms with Crippen LogP contribution in [0.25, 0.3) is 0 Å². The predicted octanol–water partition coefficient (Wildman–Crippen LogP) is 3.12. The van der Waals surface area contributed by atoms with E-state index in [0.29, 0.717) is 12.1 Å². The van der Waals surface area contributed by atoms with Crippen LogP contribution in [0.2, 0.25) is 5.02 Å². The van der Waals surface area contributed by atoms with Gasteiger partial charge in [-0.25, -0.2) is 12.8 Å². The first-order chi connectivity index (χ1) is 11.5. The molecule has 134 valence electrons. The zero-order valence-corrected chi connectivity index (χ0v) is 13.6. The summed E-state index contributed by atoms with van der Waals surface area (Å²) in [7, 11) is -4.57. The van der Waals surface area contributed by atoms with Crippen molar-refractivity contribution in [3.05, 3.63) is 64.4 Å². The normalized spacial score (nSPS) is 12.0. The molecule has 0 bridgehead atoms. The summed E-state index contributed by atoms with van der Waals surface area (Å²) in [5.74, 6) is -1.54. The Morgan fingerprint density at radius 1 is 1.04 bits per heavy atom. The molecule has 5 nitrogen and oxygen atoms in total. The van der Waals surface area contributed by atoms with Gasteiger partial charge < -0.3 is 0 Å². The minimum absolute atomic E-state index is 0.0701. The van der Waals surface area contributed by atoms with Crippen molar-refractivity contribution in [1.82, 2.24) is 10.3 Å². The number of hydrogen-bond donors (Lipinski definition) is 2. The molecule has 0 spiro atoms. The maximum Gasteiger partial charge on any atom is 0.416 e. The quantitative estimate of drug-likeness (QED) is 0.616. The third kappa shape index (κ3) is 4.68. The number of nitrogens with one attached hydrogen (secondary N) is 2. The number of sulfonamides is 1. The van der Waals surface area contributed by atoms with Crippen LogP contribution in [-0.2, 0) is 16.2 Å². The Kier molecular flexibility index (Phi) is 5.35. The van der Waals surface area contributed by atoms with Crippen molar-refractivity contribution in [3.63, 3.8) is 0 Å². The van der Waals surface area contributed by atoms with Crippen molar-refractivity contribution >= 4 is 27.5 Å². The van der Waals surface area contributed by atoms with Crippen LogP contribution < -0.4 is 10.3 Å². The summed E-state index contributed by atoms with van der Waals surface area (Å²) in [6, 6.07) is 5.89. The van der Waals surface area contributed by atoms with Gasteiger partial charge >= 0.3 is 6.18 Å². The number of hydrazine groups is 1. The number of carbonyl (C=O) groups excluding carboxylic acids is 1. The van der Waals surface area contributed by atoms with Crippen LogP contribution in [0.4, 0.5) is 17.6 Å². The van der Waals surface area contributed by atoms with E-state index in [1.807, 2.05) is 0 Å². The van der Waals surface area contributed by atoms with Gasteiger partial charge in [0.25, 0.3) is 15.9 Å². The third-order valence-corrected chi connectivity index (χ3v) is 4.68. The smallest absolute Gasteiger partial charge is 0.273 e. The van der Waals surface area contributed by atoms with E-state index in [4.69, 9.17) is 11.6 Å². The minimum Gasteiger partial charge on any atom is -0.273 e. The molecule has 0 radical (unpaired) electrons. The molecule has 0 saturated heterocycles. The van der Waals surface area contributed by atoms with Crippen LogP contribution in [0.1, 0.15) is 15.9 Å². The first kappa shape index (κ1) is 19.2. The molecular formula is C14H9ClF4N2O3S. The van der Waals surface area contributed by atoms with Gasteiger partial charge in [-0.05, 0) is 42.5 Å². The molecule has 25 heavy (non-hydrogen) atoms. The Bertz CT molecular complexity index is 899. The van der Waals surface area contributed by atoms with Gasteiger partial charge in [-0.3, -0.25) is 10.2 Å². The van der Waals surface area contributed by atoms with Crippen molar-refractivity contribution in [1.29, 1.82) is 0 Å². The number of alkyl halides is 3. The molecule has 1 amide bonds. The Morgan fingerprint density at radius 2 is 1.64 bits per heavy atom. The molecule has 2 aromatic carbocycles. The Hall–Kier alpha value is -2.17. The Morgan fingerprint density at radius 3 is 2.20 bits per heavy atom. The fourth-order valence-corrected chi connectivity index (χ4v) is 3.09. The number of benzene rings is 2. The fourth-order valence-electron chi connectivity index (χ4n) is 1.73. The first-order valence-corrected chi connectivity index (χ1v) is 8.31. The van der Waals surface area contributed by atoms with E-state index in [1.54, 1.807) is 10.3 Å². The standard InChI is InChI=1S/C14H9ClF4N2O3S/c15-11-6-3-9(14(17,18)19)7-12(11)25(23,24)21-20-13(22)8-1-4-10(16)5-2-8/h1-7,21H,(H,20,22). The summed E-state index contributed by atoms with van der Waals surface area (Å²) >= 11 is 5.64. The van der Waals surface area contributed by atoms with Gasteiger partial charge in [0, 0.05) is 5.56 Å². The lowest BCUT2D eigenvalue weighted by molar-refractivity contribution is -0.137. The Labute approximate surface area is 144 Å². The molecule has 0 heterocycles. The second-order valence-corrected chi connectivity index (χ2v) is 6.77. The van der Waals surface area contributed by atoms with Gasteiger partial charge in [0.2, 0.25) is 0 Å². The number of rotatable bonds is 4. The molecule has 0 saturated carbocycles. The zero-order valence-electron chi connectivity index (χ0n) is 12.1. The van der Waals surface area contributed by atoms with Crippen LogP contribution in [0.5, 0.6) is 0 Å². The van der Waals surface area contributed by atoms with Crippen LogP contribution in [-0.4, -0.2) is 14.3 Å². The summed E-state index contributed by atoms with van der Waals surface area (Å²) < 4.78 is 75.0. The number of carbonyl (C=O) groups is 1. The van der Waals surface area contributed by atoms with Crippen molar-refractivity contribution in [2.45, 2.75) is 11.1 Å². The fraction of sp³-hybridized carbons (Fsp3) is 0.0714. The molecule has 0 fully saturated rings. The lowest BCUT2D eigenvalue weighted by atomic mass is 10.2. The molecular weight excluding hydrogens is 388 g/mol. The van der Waals surface area contributed by atoms with Gasteiger partial charge in [0.1, 0.15) is 10.7 Å². The third-order valence-electron chi connectivity index (χ3n) is 2.95. The predicted molar refractivity (Wildman–Crippen MR) is 80.6 cm³/mol. The van der Waals surface area contributed by atoms with Gasteiger partial charge in [0.15, 0.2) is 0 Å². The number of amides is 1. The summed E-state index contributed by atoms with van der Waals surface area (Å²) in [4.78, 5) is 12.5. The molecule has 0 aliphatic heterocycles. The van der Waals surface area contributed by atoms with Crippen molar-refractivity contribution in [3.8, 4) is 0 Å². The average Bonchev–Trinajstić information content (AvgIpc) is 2.52. The molecule has 0 aliphatic carbocycles. The molecule has 0 atom stereocenters. The second-order valence-electron chi connectivity index (χ2n) is 4.71. The van der Waals surface area contributed by atoms with Crippen LogP contribution in [0.15, 0.2) is 47.4 Å². The maximum absolute atomic E-state index is 12.8. The van der Waals surface area contributed by atoms with Crippen LogP contribution in [0.3, 0.4) is 0 Å². The lowest BCUT2D eigenvalue weighted by Gasteiger charge is -2.12. The highest BCUT2D eigenvalue weighted by Gasteiger charge is 2.32. The maximum atomic E-state index is 12.8. The van der Waals surface area contributed by atoms with E-state index in [9.17, 15) is 30.8 Å². The van der Waals surface area contributed by atoms with Crippen LogP contribution >= 0.6 is 11.6 Å². The topological polar surface area (TPSA) is 75.3 Å². The van der Waals surface area contributed by atoms with Gasteiger partial charge in [-0.15, -0.1) is 4.83 Å². The van der Waals surface area contributed by atoms with Crippen LogP contribution in [0, 0.1) is 5.82 Å². The minimum atomic E-state index is -4.77. The summed E-state index contributed by atoms with van der Waals surface area (Å²) in [6.07, 6.45) is -4.77. The zero-order chi connectivity index (χ0) is 18.8. The van der Waals surface area contributed by atoms with E-state index in [-0.39, 0.29) is 5.56 Å². The molecule has 11 heteroatoms. The van der Waals surface area contributed by atoms with E-state index in [0.717, 1.165) is 30.3 Å². The van der Waals surface area contributed by atoms with E-state index >= 15 is 0 Å². The highest BCUT2D eigenvalue weighted by molar-refractivity contribution is 7.89. The Balaban J connectivity index is 2.22. The summed E-state index contributed by atoms with van der Waals surface area (Å²) in [5, 5.41) is -0.462. The second kappa shape index (κ2) is 6.98. The van der Waals surface area contributed by atoms with E-state index < -0.39 is 43.4 Å². The first-order valence-electron chi connectivity index (χ1n) is 6.45. The monoisotopic (exact) mass is 396 g/mol. The summed E-state index contributed by atoms with van der Waals surface area (Å²) in [6.45, 7) is 0. The van der Waals surface area contributed by atoms with E-state index in [1.165, 1.54) is 0 Å². The van der Waals surface area contributed by atoms with Crippen molar-refractivity contribution in [2.75, 3.05) is 0 Å². The highest BCUT2D eigenvalue weighted by atomic mass is 35.5. The highest BCUT2D eigenvalue weighted by Crippen LogP contribution is 2.33. The molecule has 0 unspecified atom stereocenters. The largest absolute Gasteiger partial charge is 0.416 e. The molecule has 2 N–H and O–H groups in total. The van der Waals surface area contributed by atoms with E-state index in [2.05, 4.69) is 0 Å². The average molecular weight is 397 g/mol. The van der Waals surface area contributed by atoms with Gasteiger partial charge in [-0.2, -0.15) is 13.2 Å². The molecule has 0 aromatic heterocycles. The summed E-state index contributed by atoms with van der Waals surface area (Å²) in [5.41, 5.74) is 0.513. The number of hydrogen-bond acceptors (Lipinski definition) is 3.